The third-order valence-electron chi connectivity index (χ3n) is 3.97. The van der Waals surface area contributed by atoms with Crippen LogP contribution in [0.25, 0.3) is 11.0 Å². The Hall–Kier alpha value is -2.81. The van der Waals surface area contributed by atoms with Crippen LogP contribution in [0.2, 0.25) is 0 Å². The second-order valence-corrected chi connectivity index (χ2v) is 8.37. The Morgan fingerprint density at radius 2 is 1.88 bits per heavy atom. The predicted octanol–water partition coefficient (Wildman–Crippen LogP) is 2.90. The molecule has 0 aliphatic carbocycles. The minimum absolute atomic E-state index is 0.176. The lowest BCUT2D eigenvalue weighted by molar-refractivity contribution is 0.580. The van der Waals surface area contributed by atoms with E-state index >= 15 is 0 Å². The summed E-state index contributed by atoms with van der Waals surface area (Å²) in [5, 5.41) is 7.44. The third kappa shape index (κ3) is 2.84. The number of hydrogen-bond acceptors (Lipinski definition) is 5. The highest BCUT2D eigenvalue weighted by atomic mass is 32.2. The maximum atomic E-state index is 14.0. The molecule has 1 aromatic heterocycles. The average molecular weight is 378 g/mol. The Morgan fingerprint density at radius 1 is 1.19 bits per heavy atom. The van der Waals surface area contributed by atoms with Crippen molar-refractivity contribution in [1.29, 1.82) is 5.41 Å². The van der Waals surface area contributed by atoms with E-state index in [-0.39, 0.29) is 28.3 Å². The molecule has 0 saturated carbocycles. The Kier molecular flexibility index (Phi) is 4.27. The summed E-state index contributed by atoms with van der Waals surface area (Å²) in [5.41, 5.74) is 5.97. The van der Waals surface area contributed by atoms with E-state index < -0.39 is 26.9 Å². The molecule has 1 heterocycles. The smallest absolute Gasteiger partial charge is 0.244 e. The molecule has 136 valence electrons. The van der Waals surface area contributed by atoms with Gasteiger partial charge in [0.2, 0.25) is 16.0 Å². The summed E-state index contributed by atoms with van der Waals surface area (Å²) in [6.45, 7) is 3.02. The van der Waals surface area contributed by atoms with Gasteiger partial charge in [-0.1, -0.05) is 6.07 Å². The van der Waals surface area contributed by atoms with Gasteiger partial charge in [0.25, 0.3) is 0 Å². The number of halogens is 2. The maximum absolute atomic E-state index is 14.0. The summed E-state index contributed by atoms with van der Waals surface area (Å²) in [6, 6.07) is 7.15. The number of anilines is 1. The number of fused-ring (bicyclic) bond motifs is 1. The van der Waals surface area contributed by atoms with E-state index in [0.717, 1.165) is 22.2 Å². The van der Waals surface area contributed by atoms with Gasteiger partial charge in [-0.25, -0.2) is 26.2 Å². The molecule has 0 fully saturated rings. The first kappa shape index (κ1) is 18.0. The van der Waals surface area contributed by atoms with Crippen molar-refractivity contribution in [2.75, 3.05) is 5.73 Å². The van der Waals surface area contributed by atoms with E-state index in [9.17, 15) is 17.2 Å². The average Bonchev–Trinajstić information content (AvgIpc) is 2.91. The molecule has 0 atom stereocenters. The molecular formula is C17H16F2N4O2S. The first-order valence-electron chi connectivity index (χ1n) is 7.69. The van der Waals surface area contributed by atoms with Gasteiger partial charge in [-0.15, -0.1) is 0 Å². The van der Waals surface area contributed by atoms with Gasteiger partial charge in [-0.05, 0) is 44.2 Å². The number of nitrogens with one attached hydrogen (secondary N) is 1. The number of benzene rings is 2. The van der Waals surface area contributed by atoms with Gasteiger partial charge in [0.15, 0.2) is 0 Å². The summed E-state index contributed by atoms with van der Waals surface area (Å²) in [5.74, 6) is -1.63. The third-order valence-corrected chi connectivity index (χ3v) is 6.06. The fourth-order valence-electron chi connectivity index (χ4n) is 2.55. The second-order valence-electron chi connectivity index (χ2n) is 6.03. The molecule has 3 N–H and O–H groups in total. The zero-order chi connectivity index (χ0) is 19.2. The van der Waals surface area contributed by atoms with E-state index in [1.165, 1.54) is 32.0 Å². The largest absolute Gasteiger partial charge is 0.368 e. The minimum Gasteiger partial charge on any atom is -0.368 e. The van der Waals surface area contributed by atoms with Crippen LogP contribution in [0.4, 0.5) is 14.7 Å². The molecule has 9 heteroatoms. The molecule has 2 aromatic carbocycles. The Balaban J connectivity index is 2.21. The molecule has 3 rings (SSSR count). The van der Waals surface area contributed by atoms with Crippen molar-refractivity contribution in [3.05, 3.63) is 59.2 Å². The van der Waals surface area contributed by atoms with Gasteiger partial charge in [-0.2, -0.15) is 0 Å². The molecule has 0 radical (unpaired) electrons. The molecule has 6 nitrogen and oxygen atoms in total. The van der Waals surface area contributed by atoms with Gasteiger partial charge in [0.05, 0.1) is 22.0 Å². The van der Waals surface area contributed by atoms with E-state index in [1.807, 2.05) is 0 Å². The van der Waals surface area contributed by atoms with Crippen LogP contribution in [-0.2, 0) is 10.0 Å². The Bertz CT molecular complexity index is 1140. The number of imidazole rings is 1. The maximum Gasteiger partial charge on any atom is 0.244 e. The summed E-state index contributed by atoms with van der Waals surface area (Å²) < 4.78 is 53.4. The minimum atomic E-state index is -3.79. The van der Waals surface area contributed by atoms with Crippen molar-refractivity contribution in [3.63, 3.8) is 0 Å². The van der Waals surface area contributed by atoms with Crippen molar-refractivity contribution in [2.24, 2.45) is 0 Å². The number of rotatable bonds is 4. The monoisotopic (exact) mass is 378 g/mol. The van der Waals surface area contributed by atoms with Gasteiger partial charge in [-0.3, -0.25) is 5.41 Å². The molecule has 0 aliphatic heterocycles. The quantitative estimate of drug-likeness (QED) is 0.682. The lowest BCUT2D eigenvalue weighted by Crippen LogP contribution is -2.23. The summed E-state index contributed by atoms with van der Waals surface area (Å²) in [6.07, 6.45) is 0. The number of nitrogens with zero attached hydrogens (tertiary/aromatic N) is 2. The fraction of sp³-hybridized carbons (Fsp3) is 0.176. The van der Waals surface area contributed by atoms with Crippen LogP contribution < -0.4 is 5.73 Å². The van der Waals surface area contributed by atoms with Gasteiger partial charge in [0.1, 0.15) is 11.6 Å². The standard InChI is InChI=1S/C17H16F2N4O2S/c1-9(2)26(24,25)23-15-7-10(3-6-14(15)22-17(23)21)16(20)12-8-11(18)4-5-13(12)19/h3-9,20H,1-2H3,(H2,21,22). The lowest BCUT2D eigenvalue weighted by Gasteiger charge is -2.12. The highest BCUT2D eigenvalue weighted by Gasteiger charge is 2.25. The van der Waals surface area contributed by atoms with Crippen molar-refractivity contribution in [3.8, 4) is 0 Å². The molecule has 0 amide bonds. The van der Waals surface area contributed by atoms with Crippen LogP contribution in [0, 0.1) is 17.0 Å². The zero-order valence-corrected chi connectivity index (χ0v) is 14.8. The molecule has 0 unspecified atom stereocenters. The van der Waals surface area contributed by atoms with Gasteiger partial charge in [0, 0.05) is 11.1 Å². The number of aromatic nitrogens is 2. The number of hydrogen-bond donors (Lipinski definition) is 2. The van der Waals surface area contributed by atoms with Crippen LogP contribution in [-0.4, -0.2) is 28.3 Å². The molecule has 0 spiro atoms. The second kappa shape index (κ2) is 6.17. The van der Waals surface area contributed by atoms with E-state index in [0.29, 0.717) is 5.52 Å². The Morgan fingerprint density at radius 3 is 2.54 bits per heavy atom. The van der Waals surface area contributed by atoms with Crippen LogP contribution in [0.5, 0.6) is 0 Å². The molecule has 0 saturated heterocycles. The molecule has 3 aromatic rings. The molecule has 0 aliphatic rings. The topological polar surface area (TPSA) is 102 Å². The van der Waals surface area contributed by atoms with Crippen molar-refractivity contribution in [1.82, 2.24) is 8.96 Å². The van der Waals surface area contributed by atoms with Crippen LogP contribution >= 0.6 is 0 Å². The molecule has 0 bridgehead atoms. The predicted molar refractivity (Wildman–Crippen MR) is 95.9 cm³/mol. The highest BCUT2D eigenvalue weighted by molar-refractivity contribution is 7.90. The zero-order valence-electron chi connectivity index (χ0n) is 14.0. The molecular weight excluding hydrogens is 362 g/mol. The van der Waals surface area contributed by atoms with Crippen LogP contribution in [0.3, 0.4) is 0 Å². The van der Waals surface area contributed by atoms with E-state index in [4.69, 9.17) is 11.1 Å². The first-order valence-corrected chi connectivity index (χ1v) is 9.20. The summed E-state index contributed by atoms with van der Waals surface area (Å²) >= 11 is 0. The van der Waals surface area contributed by atoms with Crippen molar-refractivity contribution >= 4 is 32.7 Å². The number of nitrogens with two attached hydrogens (primary N) is 1. The van der Waals surface area contributed by atoms with Gasteiger partial charge < -0.3 is 5.73 Å². The first-order chi connectivity index (χ1) is 12.1. The fourth-order valence-corrected chi connectivity index (χ4v) is 3.69. The SMILES string of the molecule is CC(C)S(=O)(=O)n1c(N)nc2ccc(C(=N)c3cc(F)ccc3F)cc21. The van der Waals surface area contributed by atoms with Crippen molar-refractivity contribution in [2.45, 2.75) is 19.1 Å². The Labute approximate surface area is 148 Å². The highest BCUT2D eigenvalue weighted by Crippen LogP contribution is 2.25. The lowest BCUT2D eigenvalue weighted by atomic mass is 10.0. The van der Waals surface area contributed by atoms with E-state index in [1.54, 1.807) is 0 Å². The number of nitrogen functional groups attached to an aromatic ring is 1. The van der Waals surface area contributed by atoms with Crippen LogP contribution in [0.15, 0.2) is 36.4 Å². The normalized spacial score (nSPS) is 12.0. The van der Waals surface area contributed by atoms with E-state index in [2.05, 4.69) is 4.98 Å². The van der Waals surface area contributed by atoms with Gasteiger partial charge >= 0.3 is 0 Å². The molecule has 26 heavy (non-hydrogen) atoms. The summed E-state index contributed by atoms with van der Waals surface area (Å²) in [7, 11) is -3.79. The summed E-state index contributed by atoms with van der Waals surface area (Å²) in [4.78, 5) is 4.02. The van der Waals surface area contributed by atoms with Crippen LogP contribution in [0.1, 0.15) is 25.0 Å². The van der Waals surface area contributed by atoms with Crippen molar-refractivity contribution < 1.29 is 17.2 Å².